The number of unbranched alkanes of at least 4 members (excludes halogenated alkanes) is 2. The minimum absolute atomic E-state index is 0.111. The van der Waals surface area contributed by atoms with Crippen molar-refractivity contribution in [3.63, 3.8) is 0 Å². The molecule has 0 N–H and O–H groups in total. The number of carbonyl (C=O) groups is 1. The van der Waals surface area contributed by atoms with E-state index in [4.69, 9.17) is 9.47 Å². The molecule has 0 atom stereocenters. The molecular formula is C14H19BrO3. The van der Waals surface area contributed by atoms with E-state index < -0.39 is 0 Å². The van der Waals surface area contributed by atoms with Crippen molar-refractivity contribution in [2.24, 2.45) is 0 Å². The standard InChI is InChI=1S/C14H19BrO3/c1-17-11-7-8-14(18-2)12(10-11)13(16)6-4-3-5-9-15/h7-8,10H,3-6,9H2,1-2H3. The minimum atomic E-state index is 0.111. The van der Waals surface area contributed by atoms with E-state index in [1.165, 1.54) is 0 Å². The lowest BCUT2D eigenvalue weighted by molar-refractivity contribution is 0.0976. The van der Waals surface area contributed by atoms with Crippen LogP contribution in [0.1, 0.15) is 36.0 Å². The molecule has 0 radical (unpaired) electrons. The lowest BCUT2D eigenvalue weighted by Gasteiger charge is -2.09. The van der Waals surface area contributed by atoms with Gasteiger partial charge < -0.3 is 9.47 Å². The fraction of sp³-hybridized carbons (Fsp3) is 0.500. The summed E-state index contributed by atoms with van der Waals surface area (Å²) >= 11 is 3.38. The molecule has 0 aliphatic heterocycles. The zero-order valence-corrected chi connectivity index (χ0v) is 12.5. The number of benzene rings is 1. The van der Waals surface area contributed by atoms with Crippen molar-refractivity contribution < 1.29 is 14.3 Å². The van der Waals surface area contributed by atoms with E-state index in [-0.39, 0.29) is 5.78 Å². The fourth-order valence-corrected chi connectivity index (χ4v) is 2.12. The van der Waals surface area contributed by atoms with Crippen LogP contribution in [-0.4, -0.2) is 25.3 Å². The highest BCUT2D eigenvalue weighted by Crippen LogP contribution is 2.25. The van der Waals surface area contributed by atoms with Gasteiger partial charge in [-0.3, -0.25) is 4.79 Å². The third-order valence-corrected chi connectivity index (χ3v) is 3.31. The summed E-state index contributed by atoms with van der Waals surface area (Å²) in [5.41, 5.74) is 0.607. The van der Waals surface area contributed by atoms with E-state index in [1.807, 2.05) is 0 Å². The maximum absolute atomic E-state index is 12.1. The number of rotatable bonds is 8. The molecular weight excluding hydrogens is 296 g/mol. The Hall–Kier alpha value is -1.03. The molecule has 0 saturated heterocycles. The quantitative estimate of drug-likeness (QED) is 0.415. The molecule has 0 amide bonds. The normalized spacial score (nSPS) is 10.2. The predicted molar refractivity (Wildman–Crippen MR) is 76.1 cm³/mol. The Labute approximate surface area is 117 Å². The molecule has 18 heavy (non-hydrogen) atoms. The van der Waals surface area contributed by atoms with Crippen LogP contribution in [0.4, 0.5) is 0 Å². The highest BCUT2D eigenvalue weighted by Gasteiger charge is 2.13. The summed E-state index contributed by atoms with van der Waals surface area (Å²) in [6.07, 6.45) is 3.62. The molecule has 0 aromatic heterocycles. The average Bonchev–Trinajstić information content (AvgIpc) is 2.42. The van der Waals surface area contributed by atoms with Crippen LogP contribution < -0.4 is 9.47 Å². The van der Waals surface area contributed by atoms with Gasteiger partial charge in [-0.1, -0.05) is 22.4 Å². The molecule has 1 aromatic carbocycles. The lowest BCUT2D eigenvalue weighted by atomic mass is 10.0. The van der Waals surface area contributed by atoms with Gasteiger partial charge in [0, 0.05) is 11.8 Å². The van der Waals surface area contributed by atoms with Gasteiger partial charge in [0.1, 0.15) is 11.5 Å². The summed E-state index contributed by atoms with van der Waals surface area (Å²) in [5.74, 6) is 1.40. The van der Waals surface area contributed by atoms with Gasteiger partial charge in [-0.15, -0.1) is 0 Å². The molecule has 0 aliphatic rings. The Kier molecular flexibility index (Phi) is 6.80. The van der Waals surface area contributed by atoms with Crippen LogP contribution in [0, 0.1) is 0 Å². The second-order valence-corrected chi connectivity index (χ2v) is 4.78. The first-order valence-electron chi connectivity index (χ1n) is 6.04. The van der Waals surface area contributed by atoms with Gasteiger partial charge in [0.25, 0.3) is 0 Å². The molecule has 1 rings (SSSR count). The van der Waals surface area contributed by atoms with E-state index >= 15 is 0 Å². The lowest BCUT2D eigenvalue weighted by Crippen LogP contribution is -2.03. The van der Waals surface area contributed by atoms with Crippen LogP contribution in [0.5, 0.6) is 11.5 Å². The molecule has 0 heterocycles. The molecule has 0 spiro atoms. The van der Waals surface area contributed by atoms with Gasteiger partial charge in [0.15, 0.2) is 5.78 Å². The van der Waals surface area contributed by atoms with Gasteiger partial charge in [-0.05, 0) is 31.0 Å². The Morgan fingerprint density at radius 2 is 1.94 bits per heavy atom. The van der Waals surface area contributed by atoms with Crippen molar-refractivity contribution >= 4 is 21.7 Å². The highest BCUT2D eigenvalue weighted by atomic mass is 79.9. The number of hydrogen-bond acceptors (Lipinski definition) is 3. The van der Waals surface area contributed by atoms with Gasteiger partial charge >= 0.3 is 0 Å². The molecule has 0 bridgehead atoms. The van der Waals surface area contributed by atoms with Crippen LogP contribution in [0.2, 0.25) is 0 Å². The van der Waals surface area contributed by atoms with Crippen LogP contribution >= 0.6 is 15.9 Å². The summed E-state index contributed by atoms with van der Waals surface area (Å²) in [7, 11) is 3.16. The van der Waals surface area contributed by atoms with E-state index in [0.717, 1.165) is 24.6 Å². The summed E-state index contributed by atoms with van der Waals surface area (Å²) in [6, 6.07) is 5.30. The number of ether oxygens (including phenoxy) is 2. The maximum atomic E-state index is 12.1. The predicted octanol–water partition coefficient (Wildman–Crippen LogP) is 3.84. The zero-order valence-electron chi connectivity index (χ0n) is 10.9. The SMILES string of the molecule is COc1ccc(OC)c(C(=O)CCCCCBr)c1. The van der Waals surface area contributed by atoms with Gasteiger partial charge in [0.05, 0.1) is 19.8 Å². The van der Waals surface area contributed by atoms with Gasteiger partial charge in [-0.2, -0.15) is 0 Å². The summed E-state index contributed by atoms with van der Waals surface area (Å²) in [4.78, 5) is 12.1. The first-order chi connectivity index (χ1) is 8.72. The molecule has 0 fully saturated rings. The maximum Gasteiger partial charge on any atom is 0.166 e. The van der Waals surface area contributed by atoms with Crippen LogP contribution in [0.3, 0.4) is 0 Å². The first-order valence-corrected chi connectivity index (χ1v) is 7.16. The molecule has 0 unspecified atom stereocenters. The Morgan fingerprint density at radius 3 is 2.56 bits per heavy atom. The third-order valence-electron chi connectivity index (χ3n) is 2.74. The van der Waals surface area contributed by atoms with Crippen molar-refractivity contribution in [2.75, 3.05) is 19.5 Å². The molecule has 3 nitrogen and oxygen atoms in total. The van der Waals surface area contributed by atoms with Crippen LogP contribution in [-0.2, 0) is 0 Å². The van der Waals surface area contributed by atoms with E-state index in [1.54, 1.807) is 32.4 Å². The number of carbonyl (C=O) groups excluding carboxylic acids is 1. The minimum Gasteiger partial charge on any atom is -0.497 e. The van der Waals surface area contributed by atoms with E-state index in [0.29, 0.717) is 23.5 Å². The number of Topliss-reactive ketones (excluding diaryl/α,β-unsaturated/α-hetero) is 1. The smallest absolute Gasteiger partial charge is 0.166 e. The number of hydrogen-bond donors (Lipinski definition) is 0. The molecule has 100 valence electrons. The number of ketones is 1. The fourth-order valence-electron chi connectivity index (χ4n) is 1.72. The second-order valence-electron chi connectivity index (χ2n) is 3.99. The first kappa shape index (κ1) is 15.0. The molecule has 1 aromatic rings. The van der Waals surface area contributed by atoms with Gasteiger partial charge in [-0.25, -0.2) is 0 Å². The number of methoxy groups -OCH3 is 2. The van der Waals surface area contributed by atoms with Crippen LogP contribution in [0.25, 0.3) is 0 Å². The Morgan fingerprint density at radius 1 is 1.17 bits per heavy atom. The monoisotopic (exact) mass is 314 g/mol. The Bertz CT molecular complexity index is 391. The second kappa shape index (κ2) is 8.14. The van der Waals surface area contributed by atoms with Crippen molar-refractivity contribution in [2.45, 2.75) is 25.7 Å². The van der Waals surface area contributed by atoms with Crippen molar-refractivity contribution in [1.82, 2.24) is 0 Å². The molecule has 0 saturated carbocycles. The third kappa shape index (κ3) is 4.33. The summed E-state index contributed by atoms with van der Waals surface area (Å²) in [5, 5.41) is 0.990. The summed E-state index contributed by atoms with van der Waals surface area (Å²) < 4.78 is 10.3. The molecule has 4 heteroatoms. The highest BCUT2D eigenvalue weighted by molar-refractivity contribution is 9.09. The Balaban J connectivity index is 2.70. The number of halogens is 1. The largest absolute Gasteiger partial charge is 0.497 e. The summed E-state index contributed by atoms with van der Waals surface area (Å²) in [6.45, 7) is 0. The molecule has 0 aliphatic carbocycles. The van der Waals surface area contributed by atoms with E-state index in [9.17, 15) is 4.79 Å². The van der Waals surface area contributed by atoms with Crippen molar-refractivity contribution in [1.29, 1.82) is 0 Å². The van der Waals surface area contributed by atoms with Crippen LogP contribution in [0.15, 0.2) is 18.2 Å². The van der Waals surface area contributed by atoms with E-state index in [2.05, 4.69) is 15.9 Å². The van der Waals surface area contributed by atoms with Gasteiger partial charge in [0.2, 0.25) is 0 Å². The number of alkyl halides is 1. The van der Waals surface area contributed by atoms with Crippen molar-refractivity contribution in [3.05, 3.63) is 23.8 Å². The topological polar surface area (TPSA) is 35.5 Å². The van der Waals surface area contributed by atoms with Crippen molar-refractivity contribution in [3.8, 4) is 11.5 Å². The average molecular weight is 315 g/mol. The zero-order chi connectivity index (χ0) is 13.4.